The summed E-state index contributed by atoms with van der Waals surface area (Å²) in [6, 6.07) is 8.22. The van der Waals surface area contributed by atoms with Gasteiger partial charge in [-0.05, 0) is 37.5 Å². The van der Waals surface area contributed by atoms with Gasteiger partial charge in [0.15, 0.2) is 0 Å². The van der Waals surface area contributed by atoms with Crippen LogP contribution in [0.1, 0.15) is 18.9 Å². The van der Waals surface area contributed by atoms with E-state index in [0.717, 1.165) is 18.6 Å². The molecule has 0 atom stereocenters. The van der Waals surface area contributed by atoms with Gasteiger partial charge in [0.2, 0.25) is 0 Å². The molecule has 0 radical (unpaired) electrons. The quantitative estimate of drug-likeness (QED) is 0.640. The molecule has 0 aromatic heterocycles. The minimum atomic E-state index is 0.943. The van der Waals surface area contributed by atoms with Gasteiger partial charge in [-0.2, -0.15) is 0 Å². The summed E-state index contributed by atoms with van der Waals surface area (Å²) in [7, 11) is 1.70. The van der Waals surface area contributed by atoms with Crippen molar-refractivity contribution in [3.05, 3.63) is 42.0 Å². The first-order valence-corrected chi connectivity index (χ1v) is 4.61. The number of hydrogen-bond donors (Lipinski definition) is 0. The van der Waals surface area contributed by atoms with Crippen molar-refractivity contribution in [1.29, 1.82) is 0 Å². The smallest absolute Gasteiger partial charge is 0.119 e. The fourth-order valence-electron chi connectivity index (χ4n) is 1.24. The minimum absolute atomic E-state index is 0.943. The molecule has 1 aromatic rings. The maximum absolute atomic E-state index is 5.14. The molecule has 1 heteroatoms. The molecule has 0 amide bonds. The number of rotatable bonds is 4. The number of aryl methyl sites for hydroxylation is 1. The van der Waals surface area contributed by atoms with E-state index in [1.807, 2.05) is 19.1 Å². The van der Waals surface area contributed by atoms with Crippen molar-refractivity contribution in [2.75, 3.05) is 7.11 Å². The Hall–Kier alpha value is -1.24. The van der Waals surface area contributed by atoms with Gasteiger partial charge >= 0.3 is 0 Å². The molecule has 0 unspecified atom stereocenters. The highest BCUT2D eigenvalue weighted by Gasteiger charge is 1.93. The molecule has 0 saturated heterocycles. The zero-order valence-electron chi connectivity index (χ0n) is 8.29. The van der Waals surface area contributed by atoms with Crippen LogP contribution in [0.5, 0.6) is 5.75 Å². The molecule has 0 saturated carbocycles. The van der Waals surface area contributed by atoms with E-state index in [-0.39, 0.29) is 0 Å². The summed E-state index contributed by atoms with van der Waals surface area (Å²) in [4.78, 5) is 0. The van der Waals surface area contributed by atoms with Crippen molar-refractivity contribution >= 4 is 0 Å². The lowest BCUT2D eigenvalue weighted by Crippen LogP contribution is -1.86. The lowest BCUT2D eigenvalue weighted by atomic mass is 10.1. The first kappa shape index (κ1) is 9.85. The standard InChI is InChI=1S/C12H16O/c1-3-4-5-7-11-8-6-9-12(10-11)13-2/h3-4,6,8-10H,5,7H2,1-2H3. The van der Waals surface area contributed by atoms with Crippen LogP contribution in [0.3, 0.4) is 0 Å². The van der Waals surface area contributed by atoms with E-state index in [4.69, 9.17) is 4.74 Å². The van der Waals surface area contributed by atoms with E-state index in [1.165, 1.54) is 5.56 Å². The Morgan fingerprint density at radius 1 is 1.38 bits per heavy atom. The highest BCUT2D eigenvalue weighted by molar-refractivity contribution is 5.28. The van der Waals surface area contributed by atoms with Gasteiger partial charge in [-0.15, -0.1) is 0 Å². The molecule has 0 aliphatic heterocycles. The molecule has 0 heterocycles. The molecule has 0 fully saturated rings. The third kappa shape index (κ3) is 3.32. The number of ether oxygens (including phenoxy) is 1. The fraction of sp³-hybridized carbons (Fsp3) is 0.333. The van der Waals surface area contributed by atoms with Gasteiger partial charge < -0.3 is 4.74 Å². The SMILES string of the molecule is CC=CCCc1cccc(OC)c1. The minimum Gasteiger partial charge on any atom is -0.497 e. The Kier molecular flexibility index (Phi) is 4.10. The summed E-state index contributed by atoms with van der Waals surface area (Å²) < 4.78 is 5.14. The van der Waals surface area contributed by atoms with E-state index in [0.29, 0.717) is 0 Å². The highest BCUT2D eigenvalue weighted by atomic mass is 16.5. The van der Waals surface area contributed by atoms with Crippen molar-refractivity contribution in [2.45, 2.75) is 19.8 Å². The van der Waals surface area contributed by atoms with E-state index in [2.05, 4.69) is 24.3 Å². The molecule has 1 rings (SSSR count). The average molecular weight is 176 g/mol. The summed E-state index contributed by atoms with van der Waals surface area (Å²) in [5.74, 6) is 0.943. The molecule has 1 aromatic carbocycles. The van der Waals surface area contributed by atoms with Crippen molar-refractivity contribution in [3.8, 4) is 5.75 Å². The normalized spacial score (nSPS) is 10.6. The van der Waals surface area contributed by atoms with Crippen LogP contribution in [0.15, 0.2) is 36.4 Å². The maximum atomic E-state index is 5.14. The molecule has 0 aliphatic rings. The molecular weight excluding hydrogens is 160 g/mol. The largest absolute Gasteiger partial charge is 0.497 e. The van der Waals surface area contributed by atoms with Crippen molar-refractivity contribution in [1.82, 2.24) is 0 Å². The molecule has 0 spiro atoms. The van der Waals surface area contributed by atoms with Gasteiger partial charge in [0.1, 0.15) is 5.75 Å². The lowest BCUT2D eigenvalue weighted by molar-refractivity contribution is 0.414. The van der Waals surface area contributed by atoms with Crippen LogP contribution in [-0.4, -0.2) is 7.11 Å². The zero-order chi connectivity index (χ0) is 9.52. The Bertz CT molecular complexity index is 276. The molecule has 70 valence electrons. The lowest BCUT2D eigenvalue weighted by Gasteiger charge is -2.02. The number of benzene rings is 1. The van der Waals surface area contributed by atoms with Crippen LogP contribution in [0, 0.1) is 0 Å². The van der Waals surface area contributed by atoms with Gasteiger partial charge in [-0.1, -0.05) is 24.3 Å². The Morgan fingerprint density at radius 3 is 2.92 bits per heavy atom. The number of methoxy groups -OCH3 is 1. The van der Waals surface area contributed by atoms with Gasteiger partial charge in [0.05, 0.1) is 7.11 Å². The van der Waals surface area contributed by atoms with Crippen LogP contribution in [-0.2, 0) is 6.42 Å². The topological polar surface area (TPSA) is 9.23 Å². The summed E-state index contributed by atoms with van der Waals surface area (Å²) in [5, 5.41) is 0. The van der Waals surface area contributed by atoms with Crippen LogP contribution in [0.2, 0.25) is 0 Å². The monoisotopic (exact) mass is 176 g/mol. The van der Waals surface area contributed by atoms with E-state index >= 15 is 0 Å². The second-order valence-corrected chi connectivity index (χ2v) is 2.96. The van der Waals surface area contributed by atoms with Crippen LogP contribution in [0.4, 0.5) is 0 Å². The predicted octanol–water partition coefficient (Wildman–Crippen LogP) is 3.20. The zero-order valence-corrected chi connectivity index (χ0v) is 8.29. The molecule has 1 nitrogen and oxygen atoms in total. The third-order valence-electron chi connectivity index (χ3n) is 1.97. The summed E-state index contributed by atoms with van der Waals surface area (Å²) in [6.07, 6.45) is 6.45. The predicted molar refractivity (Wildman–Crippen MR) is 56.1 cm³/mol. The summed E-state index contributed by atoms with van der Waals surface area (Å²) >= 11 is 0. The Morgan fingerprint density at radius 2 is 2.23 bits per heavy atom. The second kappa shape index (κ2) is 5.41. The van der Waals surface area contributed by atoms with Crippen LogP contribution in [0.25, 0.3) is 0 Å². The molecule has 0 bridgehead atoms. The number of hydrogen-bond acceptors (Lipinski definition) is 1. The molecule has 0 aliphatic carbocycles. The summed E-state index contributed by atoms with van der Waals surface area (Å²) in [5.41, 5.74) is 1.33. The van der Waals surface area contributed by atoms with Crippen LogP contribution >= 0.6 is 0 Å². The third-order valence-corrected chi connectivity index (χ3v) is 1.97. The van der Waals surface area contributed by atoms with Gasteiger partial charge in [-0.25, -0.2) is 0 Å². The van der Waals surface area contributed by atoms with E-state index in [9.17, 15) is 0 Å². The molecule has 13 heavy (non-hydrogen) atoms. The van der Waals surface area contributed by atoms with Crippen molar-refractivity contribution < 1.29 is 4.74 Å². The van der Waals surface area contributed by atoms with E-state index < -0.39 is 0 Å². The first-order valence-electron chi connectivity index (χ1n) is 4.61. The first-order chi connectivity index (χ1) is 6.36. The van der Waals surface area contributed by atoms with Crippen LogP contribution < -0.4 is 4.74 Å². The van der Waals surface area contributed by atoms with Crippen molar-refractivity contribution in [3.63, 3.8) is 0 Å². The van der Waals surface area contributed by atoms with Gasteiger partial charge in [0.25, 0.3) is 0 Å². The number of allylic oxidation sites excluding steroid dienone is 2. The fourth-order valence-corrected chi connectivity index (χ4v) is 1.24. The molecule has 0 N–H and O–H groups in total. The summed E-state index contributed by atoms with van der Waals surface area (Å²) in [6.45, 7) is 2.05. The maximum Gasteiger partial charge on any atom is 0.119 e. The van der Waals surface area contributed by atoms with Gasteiger partial charge in [0, 0.05) is 0 Å². The Balaban J connectivity index is 2.56. The van der Waals surface area contributed by atoms with Crippen molar-refractivity contribution in [2.24, 2.45) is 0 Å². The van der Waals surface area contributed by atoms with E-state index in [1.54, 1.807) is 7.11 Å². The highest BCUT2D eigenvalue weighted by Crippen LogP contribution is 2.13. The second-order valence-electron chi connectivity index (χ2n) is 2.96. The Labute approximate surface area is 80.0 Å². The molecular formula is C12H16O. The van der Waals surface area contributed by atoms with Gasteiger partial charge in [-0.3, -0.25) is 0 Å². The average Bonchev–Trinajstić information content (AvgIpc) is 2.19.